The maximum absolute atomic E-state index is 13.2. The number of amides is 1. The van der Waals surface area contributed by atoms with E-state index in [1.54, 1.807) is 23.9 Å². The molecule has 1 unspecified atom stereocenters. The van der Waals surface area contributed by atoms with Crippen LogP contribution in [0, 0.1) is 0 Å². The summed E-state index contributed by atoms with van der Waals surface area (Å²) in [4.78, 5) is 16.3. The van der Waals surface area contributed by atoms with E-state index in [0.29, 0.717) is 36.7 Å². The lowest BCUT2D eigenvalue weighted by Crippen LogP contribution is -2.31. The van der Waals surface area contributed by atoms with Gasteiger partial charge in [0.1, 0.15) is 17.1 Å². The van der Waals surface area contributed by atoms with E-state index in [-0.39, 0.29) is 17.7 Å². The number of hydrogen-bond donors (Lipinski definition) is 2. The fourth-order valence-electron chi connectivity index (χ4n) is 3.92. The number of carbonyl (C=O) groups excluding carboxylic acids is 1. The average molecular weight is 424 g/mol. The number of nitrogens with one attached hydrogen (secondary N) is 1. The molecule has 0 saturated heterocycles. The summed E-state index contributed by atoms with van der Waals surface area (Å²) in [5.74, 6) is 0.0696. The van der Waals surface area contributed by atoms with Crippen LogP contribution in [0.2, 0.25) is 0 Å². The van der Waals surface area contributed by atoms with E-state index < -0.39 is 0 Å². The second kappa shape index (κ2) is 8.93. The largest absolute Gasteiger partial charge is 0.507 e. The minimum Gasteiger partial charge on any atom is -0.507 e. The highest BCUT2D eigenvalue weighted by Crippen LogP contribution is 2.44. The zero-order valence-corrected chi connectivity index (χ0v) is 17.9. The molecule has 1 aromatic heterocycles. The maximum atomic E-state index is 13.2. The van der Waals surface area contributed by atoms with E-state index >= 15 is 0 Å². The van der Waals surface area contributed by atoms with E-state index in [4.69, 9.17) is 4.74 Å². The number of H-pyrrole nitrogens is 1. The first-order valence-electron chi connectivity index (χ1n) is 10.0. The van der Waals surface area contributed by atoms with Gasteiger partial charge in [-0.05, 0) is 49.4 Å². The van der Waals surface area contributed by atoms with Crippen molar-refractivity contribution in [2.45, 2.75) is 24.3 Å². The van der Waals surface area contributed by atoms with Crippen LogP contribution in [0.3, 0.4) is 0 Å². The molecule has 4 rings (SSSR count). The Kier molecular flexibility index (Phi) is 6.11. The Bertz CT molecular complexity index is 1030. The quantitative estimate of drug-likeness (QED) is 0.413. The second-order valence-corrected chi connectivity index (χ2v) is 7.98. The summed E-state index contributed by atoms with van der Waals surface area (Å²) in [6.07, 6.45) is 2.79. The van der Waals surface area contributed by atoms with Crippen molar-refractivity contribution in [2.75, 3.05) is 26.0 Å². The number of aromatic hydroxyl groups is 1. The standard InChI is InChI=1S/C23H25N3O3S/c1-3-29-14-6-13-26-22(15-9-11-16(30-2)12-10-15)19-20(24-25-21(19)23(26)28)17-7-4-5-8-18(17)27/h4-5,7-12,22,27H,3,6,13-14H2,1-2H3,(H,24,25). The first kappa shape index (κ1) is 20.5. The molecule has 6 nitrogen and oxygen atoms in total. The van der Waals surface area contributed by atoms with Gasteiger partial charge in [-0.3, -0.25) is 9.89 Å². The van der Waals surface area contributed by atoms with Crippen LogP contribution in [0.25, 0.3) is 11.3 Å². The number of ether oxygens (including phenoxy) is 1. The van der Waals surface area contributed by atoms with E-state index in [1.165, 1.54) is 4.90 Å². The van der Waals surface area contributed by atoms with Crippen LogP contribution >= 0.6 is 11.8 Å². The molecule has 0 spiro atoms. The molecule has 7 heteroatoms. The highest BCUT2D eigenvalue weighted by molar-refractivity contribution is 7.98. The van der Waals surface area contributed by atoms with Gasteiger partial charge in [0.25, 0.3) is 5.91 Å². The van der Waals surface area contributed by atoms with E-state index in [1.807, 2.05) is 30.2 Å². The number of nitrogens with zero attached hydrogens (tertiary/aromatic N) is 2. The molecule has 1 amide bonds. The number of rotatable bonds is 8. The van der Waals surface area contributed by atoms with Crippen LogP contribution in [0.4, 0.5) is 0 Å². The molecular formula is C23H25N3O3S. The minimum absolute atomic E-state index is 0.0744. The number of phenolic OH excluding ortho intramolecular Hbond substituents is 1. The van der Waals surface area contributed by atoms with Gasteiger partial charge in [-0.2, -0.15) is 5.10 Å². The molecule has 0 saturated carbocycles. The Balaban J connectivity index is 1.77. The first-order valence-corrected chi connectivity index (χ1v) is 11.3. The summed E-state index contributed by atoms with van der Waals surface area (Å²) >= 11 is 1.68. The molecule has 0 bridgehead atoms. The van der Waals surface area contributed by atoms with Crippen LogP contribution in [0.1, 0.15) is 41.0 Å². The molecule has 2 N–H and O–H groups in total. The second-order valence-electron chi connectivity index (χ2n) is 7.10. The molecule has 1 aliphatic heterocycles. The number of fused-ring (bicyclic) bond motifs is 1. The summed E-state index contributed by atoms with van der Waals surface area (Å²) in [7, 11) is 0. The zero-order chi connectivity index (χ0) is 21.1. The van der Waals surface area contributed by atoms with Gasteiger partial charge in [0.05, 0.1) is 6.04 Å². The predicted octanol–water partition coefficient (Wildman–Crippen LogP) is 4.48. The number of carbonyl (C=O) groups is 1. The number of benzene rings is 2. The topological polar surface area (TPSA) is 78.5 Å². The molecule has 0 radical (unpaired) electrons. The van der Waals surface area contributed by atoms with Crippen LogP contribution in [-0.4, -0.2) is 52.1 Å². The van der Waals surface area contributed by atoms with Gasteiger partial charge in [-0.25, -0.2) is 0 Å². The number of phenols is 1. The Hall–Kier alpha value is -2.77. The van der Waals surface area contributed by atoms with E-state index in [0.717, 1.165) is 17.5 Å². The Labute approximate surface area is 180 Å². The van der Waals surface area contributed by atoms with E-state index in [9.17, 15) is 9.90 Å². The normalized spacial score (nSPS) is 15.6. The monoisotopic (exact) mass is 423 g/mol. The fourth-order valence-corrected chi connectivity index (χ4v) is 4.33. The number of thioether (sulfide) groups is 1. The third-order valence-corrected chi connectivity index (χ3v) is 6.09. The van der Waals surface area contributed by atoms with Crippen LogP contribution in [0.15, 0.2) is 53.4 Å². The summed E-state index contributed by atoms with van der Waals surface area (Å²) in [5.41, 5.74) is 3.56. The van der Waals surface area contributed by atoms with Gasteiger partial charge in [0.2, 0.25) is 0 Å². The third kappa shape index (κ3) is 3.70. The van der Waals surface area contributed by atoms with Crippen LogP contribution in [0.5, 0.6) is 5.75 Å². The van der Waals surface area contributed by atoms with Gasteiger partial charge < -0.3 is 14.7 Å². The van der Waals surface area contributed by atoms with Crippen molar-refractivity contribution in [1.29, 1.82) is 0 Å². The summed E-state index contributed by atoms with van der Waals surface area (Å²) in [5, 5.41) is 17.7. The van der Waals surface area contributed by atoms with Crippen molar-refractivity contribution in [2.24, 2.45) is 0 Å². The third-order valence-electron chi connectivity index (χ3n) is 5.35. The van der Waals surface area contributed by atoms with E-state index in [2.05, 4.69) is 34.5 Å². The van der Waals surface area contributed by atoms with Crippen molar-refractivity contribution in [1.82, 2.24) is 15.1 Å². The lowest BCUT2D eigenvalue weighted by Gasteiger charge is -2.26. The molecule has 3 aromatic rings. The van der Waals surface area contributed by atoms with Gasteiger partial charge in [-0.15, -0.1) is 11.8 Å². The summed E-state index contributed by atoms with van der Waals surface area (Å²) < 4.78 is 5.47. The smallest absolute Gasteiger partial charge is 0.273 e. The van der Waals surface area contributed by atoms with Crippen molar-refractivity contribution in [3.8, 4) is 17.0 Å². The molecule has 156 valence electrons. The molecule has 0 aliphatic carbocycles. The molecule has 2 heterocycles. The molecule has 0 fully saturated rings. The molecule has 1 aliphatic rings. The van der Waals surface area contributed by atoms with Gasteiger partial charge in [0, 0.05) is 35.8 Å². The first-order chi connectivity index (χ1) is 14.7. The Morgan fingerprint density at radius 2 is 1.97 bits per heavy atom. The number of para-hydroxylation sites is 1. The fraction of sp³-hybridized carbons (Fsp3) is 0.304. The van der Waals surface area contributed by atoms with Gasteiger partial charge in [-0.1, -0.05) is 24.3 Å². The van der Waals surface area contributed by atoms with Crippen molar-refractivity contribution >= 4 is 17.7 Å². The van der Waals surface area contributed by atoms with Crippen molar-refractivity contribution in [3.05, 3.63) is 65.4 Å². The zero-order valence-electron chi connectivity index (χ0n) is 17.1. The maximum Gasteiger partial charge on any atom is 0.273 e. The minimum atomic E-state index is -0.265. The Morgan fingerprint density at radius 3 is 2.67 bits per heavy atom. The van der Waals surface area contributed by atoms with Crippen molar-refractivity contribution in [3.63, 3.8) is 0 Å². The molecule has 30 heavy (non-hydrogen) atoms. The number of aromatic amines is 1. The number of hydrogen-bond acceptors (Lipinski definition) is 5. The molecular weight excluding hydrogens is 398 g/mol. The SMILES string of the molecule is CCOCCCN1C(=O)c2[nH]nc(-c3ccccc3O)c2C1c1ccc(SC)cc1. The average Bonchev–Trinajstić information content (AvgIpc) is 3.31. The highest BCUT2D eigenvalue weighted by Gasteiger charge is 2.42. The lowest BCUT2D eigenvalue weighted by atomic mass is 9.95. The number of aromatic nitrogens is 2. The highest BCUT2D eigenvalue weighted by atomic mass is 32.2. The van der Waals surface area contributed by atoms with Crippen molar-refractivity contribution < 1.29 is 14.6 Å². The lowest BCUT2D eigenvalue weighted by molar-refractivity contribution is 0.0710. The molecule has 1 atom stereocenters. The summed E-state index contributed by atoms with van der Waals surface area (Å²) in [6, 6.07) is 15.1. The van der Waals surface area contributed by atoms with Gasteiger partial charge in [0.15, 0.2) is 0 Å². The van der Waals surface area contributed by atoms with Crippen LogP contribution < -0.4 is 0 Å². The summed E-state index contributed by atoms with van der Waals surface area (Å²) in [6.45, 7) is 3.81. The van der Waals surface area contributed by atoms with Crippen LogP contribution in [-0.2, 0) is 4.74 Å². The molecule has 2 aromatic carbocycles. The Morgan fingerprint density at radius 1 is 1.20 bits per heavy atom. The van der Waals surface area contributed by atoms with Gasteiger partial charge >= 0.3 is 0 Å². The predicted molar refractivity (Wildman–Crippen MR) is 118 cm³/mol.